The lowest BCUT2D eigenvalue weighted by Crippen LogP contribution is -1.95. The number of aliphatic hydroxyl groups is 1. The molecule has 1 aliphatic carbocycles. The molecular formula is C12H11BrO2S. The summed E-state index contributed by atoms with van der Waals surface area (Å²) in [6, 6.07) is 3.92. The van der Waals surface area contributed by atoms with E-state index in [2.05, 4.69) is 22.0 Å². The van der Waals surface area contributed by atoms with Crippen molar-refractivity contribution in [3.63, 3.8) is 0 Å². The standard InChI is InChI=1S/C12H11BrO2S/c13-8-4-5-15-12(8)11(14)10-6-7-2-1-3-9(7)16-10/h4-6,11,14H,1-3H2. The molecule has 0 amide bonds. The van der Waals surface area contributed by atoms with Crippen molar-refractivity contribution in [3.8, 4) is 0 Å². The van der Waals surface area contributed by atoms with E-state index < -0.39 is 6.10 Å². The number of halogens is 1. The van der Waals surface area contributed by atoms with E-state index in [-0.39, 0.29) is 0 Å². The zero-order chi connectivity index (χ0) is 11.1. The topological polar surface area (TPSA) is 33.4 Å². The molecule has 2 nitrogen and oxygen atoms in total. The second-order valence-electron chi connectivity index (χ2n) is 3.99. The maximum absolute atomic E-state index is 10.2. The van der Waals surface area contributed by atoms with E-state index in [4.69, 9.17) is 4.42 Å². The number of aryl methyl sites for hydroxylation is 2. The normalized spacial score (nSPS) is 16.4. The minimum absolute atomic E-state index is 0.597. The molecule has 1 unspecified atom stereocenters. The molecule has 0 aliphatic heterocycles. The van der Waals surface area contributed by atoms with Crippen LogP contribution in [0.1, 0.15) is 33.6 Å². The highest BCUT2D eigenvalue weighted by atomic mass is 79.9. The van der Waals surface area contributed by atoms with Crippen molar-refractivity contribution in [1.29, 1.82) is 0 Å². The third-order valence-electron chi connectivity index (χ3n) is 2.93. The summed E-state index contributed by atoms with van der Waals surface area (Å²) in [5.74, 6) is 0.597. The SMILES string of the molecule is OC(c1cc2c(s1)CCC2)c1occc1Br. The lowest BCUT2D eigenvalue weighted by molar-refractivity contribution is 0.192. The number of hydrogen-bond donors (Lipinski definition) is 1. The Morgan fingerprint density at radius 3 is 3.00 bits per heavy atom. The van der Waals surface area contributed by atoms with Gasteiger partial charge in [0.2, 0.25) is 0 Å². The van der Waals surface area contributed by atoms with Crippen molar-refractivity contribution < 1.29 is 9.52 Å². The van der Waals surface area contributed by atoms with Crippen LogP contribution in [0.3, 0.4) is 0 Å². The van der Waals surface area contributed by atoms with Crippen molar-refractivity contribution in [2.45, 2.75) is 25.4 Å². The summed E-state index contributed by atoms with van der Waals surface area (Å²) in [5, 5.41) is 10.2. The lowest BCUT2D eigenvalue weighted by Gasteiger charge is -2.05. The van der Waals surface area contributed by atoms with Crippen LogP contribution < -0.4 is 0 Å². The molecule has 0 aromatic carbocycles. The Kier molecular flexibility index (Phi) is 2.65. The van der Waals surface area contributed by atoms with Crippen molar-refractivity contribution in [2.75, 3.05) is 0 Å². The summed E-state index contributed by atoms with van der Waals surface area (Å²) in [4.78, 5) is 2.41. The van der Waals surface area contributed by atoms with Crippen LogP contribution in [0, 0.1) is 0 Å². The number of rotatable bonds is 2. The molecule has 0 fully saturated rings. The molecule has 2 heterocycles. The van der Waals surface area contributed by atoms with E-state index in [1.807, 2.05) is 0 Å². The lowest BCUT2D eigenvalue weighted by atomic mass is 10.2. The molecule has 4 heteroatoms. The quantitative estimate of drug-likeness (QED) is 0.918. The van der Waals surface area contributed by atoms with Crippen LogP contribution in [-0.4, -0.2) is 5.11 Å². The third kappa shape index (κ3) is 1.65. The molecule has 0 spiro atoms. The Hall–Kier alpha value is -0.580. The predicted molar refractivity (Wildman–Crippen MR) is 66.8 cm³/mol. The van der Waals surface area contributed by atoms with Gasteiger partial charge in [0.05, 0.1) is 10.7 Å². The van der Waals surface area contributed by atoms with E-state index in [1.54, 1.807) is 23.7 Å². The Morgan fingerprint density at radius 1 is 1.44 bits per heavy atom. The fraction of sp³-hybridized carbons (Fsp3) is 0.333. The van der Waals surface area contributed by atoms with E-state index in [1.165, 1.54) is 16.9 Å². The average molecular weight is 299 g/mol. The third-order valence-corrected chi connectivity index (χ3v) is 4.87. The highest BCUT2D eigenvalue weighted by Gasteiger charge is 2.22. The Balaban J connectivity index is 1.95. The molecule has 0 saturated carbocycles. The monoisotopic (exact) mass is 298 g/mol. The number of fused-ring (bicyclic) bond motifs is 1. The number of furan rings is 1. The Morgan fingerprint density at radius 2 is 2.31 bits per heavy atom. The second kappa shape index (κ2) is 4.02. The molecular weight excluding hydrogens is 288 g/mol. The van der Waals surface area contributed by atoms with Crippen molar-refractivity contribution in [1.82, 2.24) is 0 Å². The number of hydrogen-bond acceptors (Lipinski definition) is 3. The molecule has 0 bridgehead atoms. The maximum atomic E-state index is 10.2. The van der Waals surface area contributed by atoms with Gasteiger partial charge in [-0.05, 0) is 52.9 Å². The summed E-state index contributed by atoms with van der Waals surface area (Å²) in [7, 11) is 0. The summed E-state index contributed by atoms with van der Waals surface area (Å²) in [6.45, 7) is 0. The Labute approximate surface area is 106 Å². The molecule has 16 heavy (non-hydrogen) atoms. The van der Waals surface area contributed by atoms with Crippen LogP contribution in [0.15, 0.2) is 27.3 Å². The molecule has 2 aromatic rings. The Bertz CT molecular complexity index is 493. The van der Waals surface area contributed by atoms with Gasteiger partial charge in [0, 0.05) is 9.75 Å². The highest BCUT2D eigenvalue weighted by Crippen LogP contribution is 2.37. The molecule has 1 N–H and O–H groups in total. The largest absolute Gasteiger partial charge is 0.465 e. The smallest absolute Gasteiger partial charge is 0.151 e. The van der Waals surface area contributed by atoms with Crippen LogP contribution in [0.4, 0.5) is 0 Å². The summed E-state index contributed by atoms with van der Waals surface area (Å²) in [6.07, 6.45) is 4.51. The van der Waals surface area contributed by atoms with Crippen LogP contribution in [0.2, 0.25) is 0 Å². The van der Waals surface area contributed by atoms with Gasteiger partial charge in [-0.15, -0.1) is 11.3 Å². The minimum Gasteiger partial charge on any atom is -0.465 e. The van der Waals surface area contributed by atoms with E-state index >= 15 is 0 Å². The molecule has 2 aromatic heterocycles. The number of aliphatic hydroxyl groups excluding tert-OH is 1. The molecule has 0 radical (unpaired) electrons. The van der Waals surface area contributed by atoms with Gasteiger partial charge in [-0.2, -0.15) is 0 Å². The van der Waals surface area contributed by atoms with E-state index in [0.29, 0.717) is 5.76 Å². The molecule has 0 saturated heterocycles. The first-order valence-electron chi connectivity index (χ1n) is 5.28. The molecule has 1 aliphatic rings. The fourth-order valence-electron chi connectivity index (χ4n) is 2.12. The minimum atomic E-state index is -0.639. The zero-order valence-corrected chi connectivity index (χ0v) is 11.0. The van der Waals surface area contributed by atoms with E-state index in [0.717, 1.165) is 22.2 Å². The van der Waals surface area contributed by atoms with Crippen molar-refractivity contribution in [2.24, 2.45) is 0 Å². The van der Waals surface area contributed by atoms with E-state index in [9.17, 15) is 5.11 Å². The van der Waals surface area contributed by atoms with Crippen LogP contribution >= 0.6 is 27.3 Å². The first-order valence-corrected chi connectivity index (χ1v) is 6.89. The van der Waals surface area contributed by atoms with Gasteiger partial charge in [0.15, 0.2) is 5.76 Å². The molecule has 3 rings (SSSR count). The molecule has 1 atom stereocenters. The predicted octanol–water partition coefficient (Wildman–Crippen LogP) is 3.67. The zero-order valence-electron chi connectivity index (χ0n) is 8.57. The second-order valence-corrected chi connectivity index (χ2v) is 6.01. The van der Waals surface area contributed by atoms with Crippen molar-refractivity contribution in [3.05, 3.63) is 43.9 Å². The van der Waals surface area contributed by atoms with Crippen molar-refractivity contribution >= 4 is 27.3 Å². The summed E-state index contributed by atoms with van der Waals surface area (Å²) >= 11 is 5.08. The van der Waals surface area contributed by atoms with Crippen LogP contribution in [-0.2, 0) is 12.8 Å². The number of thiophene rings is 1. The van der Waals surface area contributed by atoms with Gasteiger partial charge in [-0.3, -0.25) is 0 Å². The van der Waals surface area contributed by atoms with Crippen LogP contribution in [0.5, 0.6) is 0 Å². The highest BCUT2D eigenvalue weighted by molar-refractivity contribution is 9.10. The van der Waals surface area contributed by atoms with Crippen LogP contribution in [0.25, 0.3) is 0 Å². The first-order chi connectivity index (χ1) is 7.75. The fourth-order valence-corrected chi connectivity index (χ4v) is 3.78. The van der Waals surface area contributed by atoms with Gasteiger partial charge in [0.25, 0.3) is 0 Å². The van der Waals surface area contributed by atoms with Gasteiger partial charge < -0.3 is 9.52 Å². The summed E-state index contributed by atoms with van der Waals surface area (Å²) < 4.78 is 6.12. The van der Waals surface area contributed by atoms with Gasteiger partial charge in [-0.1, -0.05) is 0 Å². The van der Waals surface area contributed by atoms with Gasteiger partial charge in [0.1, 0.15) is 6.10 Å². The summed E-state index contributed by atoms with van der Waals surface area (Å²) in [5.41, 5.74) is 1.40. The van der Waals surface area contributed by atoms with Gasteiger partial charge >= 0.3 is 0 Å². The first kappa shape index (κ1) is 10.6. The van der Waals surface area contributed by atoms with Gasteiger partial charge in [-0.25, -0.2) is 0 Å². The average Bonchev–Trinajstić information content (AvgIpc) is 2.89. The molecule has 84 valence electrons. The maximum Gasteiger partial charge on any atom is 0.151 e.